The van der Waals surface area contributed by atoms with Crippen molar-refractivity contribution in [3.8, 4) is 0 Å². The van der Waals surface area contributed by atoms with Crippen LogP contribution in [0.1, 0.15) is 6.42 Å². The van der Waals surface area contributed by atoms with E-state index in [-0.39, 0.29) is 0 Å². The van der Waals surface area contributed by atoms with Crippen LogP contribution in [-0.2, 0) is 0 Å². The van der Waals surface area contributed by atoms with Gasteiger partial charge in [-0.05, 0) is 6.42 Å². The van der Waals surface area contributed by atoms with Crippen molar-refractivity contribution in [1.82, 2.24) is 4.90 Å². The Labute approximate surface area is 54.6 Å². The molecule has 0 unspecified atom stereocenters. The van der Waals surface area contributed by atoms with Crippen LogP contribution in [0, 0.1) is 0 Å². The molecule has 0 heterocycles. The van der Waals surface area contributed by atoms with Gasteiger partial charge in [0.1, 0.15) is 0 Å². The molecule has 52 valence electrons. The lowest BCUT2D eigenvalue weighted by Gasteiger charge is -2.09. The average Bonchev–Trinajstić information content (AvgIpc) is 1.82. The highest BCUT2D eigenvalue weighted by molar-refractivity contribution is 5.64. The van der Waals surface area contributed by atoms with Gasteiger partial charge in [0.05, 0.1) is 0 Å². The zero-order chi connectivity index (χ0) is 7.28. The summed E-state index contributed by atoms with van der Waals surface area (Å²) in [6.07, 6.45) is 1.51. The van der Waals surface area contributed by atoms with Gasteiger partial charge in [-0.3, -0.25) is 0 Å². The van der Waals surface area contributed by atoms with E-state index in [9.17, 15) is 4.79 Å². The number of rotatable bonds is 3. The highest BCUT2D eigenvalue weighted by Gasteiger charge is 2.00. The van der Waals surface area contributed by atoms with E-state index < -0.39 is 6.09 Å². The van der Waals surface area contributed by atoms with Crippen LogP contribution in [0.3, 0.4) is 0 Å². The second-order valence-corrected chi connectivity index (χ2v) is 1.78. The van der Waals surface area contributed by atoms with E-state index in [1.807, 2.05) is 0 Å². The zero-order valence-corrected chi connectivity index (χ0v) is 5.50. The molecule has 0 fully saturated rings. The summed E-state index contributed by atoms with van der Waals surface area (Å²) in [5.74, 6) is 0. The third kappa shape index (κ3) is 3.58. The number of carbonyl (C=O) groups is 1. The summed E-state index contributed by atoms with van der Waals surface area (Å²) in [6, 6.07) is 0. The molecule has 0 atom stereocenters. The Morgan fingerprint density at radius 3 is 2.78 bits per heavy atom. The first-order valence-electron chi connectivity index (χ1n) is 2.73. The molecular formula is C6H11NO2. The highest BCUT2D eigenvalue weighted by Crippen LogP contribution is 1.87. The highest BCUT2D eigenvalue weighted by atomic mass is 16.4. The van der Waals surface area contributed by atoms with Gasteiger partial charge in [0, 0.05) is 13.6 Å². The van der Waals surface area contributed by atoms with Crippen LogP contribution in [0.2, 0.25) is 0 Å². The molecule has 3 nitrogen and oxygen atoms in total. The molecule has 0 aliphatic heterocycles. The molecular weight excluding hydrogens is 118 g/mol. The first-order valence-corrected chi connectivity index (χ1v) is 2.73. The zero-order valence-electron chi connectivity index (χ0n) is 5.50. The summed E-state index contributed by atoms with van der Waals surface area (Å²) >= 11 is 0. The van der Waals surface area contributed by atoms with Gasteiger partial charge >= 0.3 is 6.09 Å². The van der Waals surface area contributed by atoms with Gasteiger partial charge in [0.25, 0.3) is 0 Å². The van der Waals surface area contributed by atoms with Gasteiger partial charge in [-0.1, -0.05) is 6.08 Å². The Morgan fingerprint density at radius 2 is 2.44 bits per heavy atom. The summed E-state index contributed by atoms with van der Waals surface area (Å²) in [5.41, 5.74) is 0. The van der Waals surface area contributed by atoms with Crippen molar-refractivity contribution in [1.29, 1.82) is 0 Å². The Bertz CT molecular complexity index is 112. The lowest BCUT2D eigenvalue weighted by atomic mass is 10.4. The number of nitrogens with zero attached hydrogens (tertiary/aromatic N) is 1. The maximum absolute atomic E-state index is 10.1. The Morgan fingerprint density at radius 1 is 1.89 bits per heavy atom. The van der Waals surface area contributed by atoms with Crippen molar-refractivity contribution in [3.05, 3.63) is 12.7 Å². The summed E-state index contributed by atoms with van der Waals surface area (Å²) in [4.78, 5) is 11.3. The Hall–Kier alpha value is -0.990. The van der Waals surface area contributed by atoms with E-state index in [1.165, 1.54) is 11.9 Å². The van der Waals surface area contributed by atoms with Crippen molar-refractivity contribution < 1.29 is 9.90 Å². The molecule has 0 radical (unpaired) electrons. The van der Waals surface area contributed by atoms with E-state index in [0.717, 1.165) is 0 Å². The molecule has 0 saturated heterocycles. The molecule has 0 aliphatic rings. The molecule has 0 aromatic heterocycles. The second-order valence-electron chi connectivity index (χ2n) is 1.78. The molecule has 1 amide bonds. The number of amides is 1. The van der Waals surface area contributed by atoms with Crippen molar-refractivity contribution in [2.75, 3.05) is 13.6 Å². The maximum Gasteiger partial charge on any atom is 0.407 e. The minimum atomic E-state index is -0.892. The van der Waals surface area contributed by atoms with E-state index in [1.54, 1.807) is 6.08 Å². The minimum Gasteiger partial charge on any atom is -0.465 e. The third-order valence-corrected chi connectivity index (χ3v) is 0.995. The molecule has 0 aliphatic carbocycles. The van der Waals surface area contributed by atoms with Gasteiger partial charge in [-0.2, -0.15) is 0 Å². The van der Waals surface area contributed by atoms with Crippen LogP contribution in [-0.4, -0.2) is 29.7 Å². The molecule has 0 saturated carbocycles. The SMILES string of the molecule is C=CCCN(C)C(=O)O. The fraction of sp³-hybridized carbons (Fsp3) is 0.500. The first-order chi connectivity index (χ1) is 4.18. The Balaban J connectivity index is 3.37. The van der Waals surface area contributed by atoms with Gasteiger partial charge < -0.3 is 10.0 Å². The molecule has 0 aromatic carbocycles. The van der Waals surface area contributed by atoms with Crippen molar-refractivity contribution >= 4 is 6.09 Å². The fourth-order valence-corrected chi connectivity index (χ4v) is 0.381. The summed E-state index contributed by atoms with van der Waals surface area (Å²) < 4.78 is 0. The van der Waals surface area contributed by atoms with E-state index in [2.05, 4.69) is 6.58 Å². The predicted molar refractivity (Wildman–Crippen MR) is 35.5 cm³/mol. The van der Waals surface area contributed by atoms with E-state index in [0.29, 0.717) is 13.0 Å². The van der Waals surface area contributed by atoms with E-state index in [4.69, 9.17) is 5.11 Å². The van der Waals surface area contributed by atoms with Crippen LogP contribution in [0.4, 0.5) is 4.79 Å². The van der Waals surface area contributed by atoms with Crippen LogP contribution in [0.15, 0.2) is 12.7 Å². The molecule has 3 heteroatoms. The Kier molecular flexibility index (Phi) is 3.51. The fourth-order valence-electron chi connectivity index (χ4n) is 0.381. The minimum absolute atomic E-state index is 0.527. The lowest BCUT2D eigenvalue weighted by molar-refractivity contribution is 0.157. The van der Waals surface area contributed by atoms with Gasteiger partial charge in [-0.25, -0.2) is 4.79 Å². The van der Waals surface area contributed by atoms with Crippen molar-refractivity contribution in [2.45, 2.75) is 6.42 Å². The summed E-state index contributed by atoms with van der Waals surface area (Å²) in [5, 5.41) is 8.30. The van der Waals surface area contributed by atoms with Crippen molar-refractivity contribution in [3.63, 3.8) is 0 Å². The van der Waals surface area contributed by atoms with Crippen molar-refractivity contribution in [2.24, 2.45) is 0 Å². The third-order valence-electron chi connectivity index (χ3n) is 0.995. The largest absolute Gasteiger partial charge is 0.465 e. The summed E-state index contributed by atoms with van der Waals surface area (Å²) in [6.45, 7) is 4.00. The number of carboxylic acid groups (broad SMARTS) is 1. The van der Waals surface area contributed by atoms with Gasteiger partial charge in [-0.15, -0.1) is 6.58 Å². The molecule has 0 bridgehead atoms. The second kappa shape index (κ2) is 3.95. The number of hydrogen-bond acceptors (Lipinski definition) is 1. The molecule has 0 aromatic rings. The van der Waals surface area contributed by atoms with Crippen LogP contribution < -0.4 is 0 Å². The number of hydrogen-bond donors (Lipinski definition) is 1. The van der Waals surface area contributed by atoms with Gasteiger partial charge in [0.15, 0.2) is 0 Å². The van der Waals surface area contributed by atoms with Crippen LogP contribution in [0.5, 0.6) is 0 Å². The van der Waals surface area contributed by atoms with Gasteiger partial charge in [0.2, 0.25) is 0 Å². The monoisotopic (exact) mass is 129 g/mol. The van der Waals surface area contributed by atoms with E-state index >= 15 is 0 Å². The smallest absolute Gasteiger partial charge is 0.407 e. The average molecular weight is 129 g/mol. The standard InChI is InChI=1S/C6H11NO2/c1-3-4-5-7(2)6(8)9/h3H,1,4-5H2,2H3,(H,8,9). The quantitative estimate of drug-likeness (QED) is 0.581. The summed E-state index contributed by atoms with van der Waals surface area (Å²) in [7, 11) is 1.53. The molecule has 0 spiro atoms. The molecule has 9 heavy (non-hydrogen) atoms. The normalized spacial score (nSPS) is 8.56. The topological polar surface area (TPSA) is 40.5 Å². The first kappa shape index (κ1) is 8.01. The lowest BCUT2D eigenvalue weighted by Crippen LogP contribution is -2.25. The predicted octanol–water partition coefficient (Wildman–Crippen LogP) is 1.17. The molecule has 1 N–H and O–H groups in total. The van der Waals surface area contributed by atoms with Crippen LogP contribution >= 0.6 is 0 Å². The molecule has 0 rings (SSSR count). The maximum atomic E-state index is 10.1. The van der Waals surface area contributed by atoms with Crippen LogP contribution in [0.25, 0.3) is 0 Å².